The molecule has 0 unspecified atom stereocenters. The average molecular weight is 325 g/mol. The summed E-state index contributed by atoms with van der Waals surface area (Å²) >= 11 is 1.72. The molecule has 0 heterocycles. The van der Waals surface area contributed by atoms with Crippen molar-refractivity contribution in [2.24, 2.45) is 0 Å². The molecule has 0 aliphatic carbocycles. The molecule has 0 bridgehead atoms. The number of carbonyl (C=O) groups is 1. The third-order valence-electron chi connectivity index (χ3n) is 1.81. The van der Waals surface area contributed by atoms with Gasteiger partial charge < -0.3 is 5.32 Å². The van der Waals surface area contributed by atoms with Gasteiger partial charge in [-0.1, -0.05) is 6.92 Å². The fourth-order valence-corrected chi connectivity index (χ4v) is 1.51. The van der Waals surface area contributed by atoms with Crippen LogP contribution in [-0.2, 0) is 0 Å². The van der Waals surface area contributed by atoms with Crippen LogP contribution in [0, 0.1) is 15.2 Å². The number of amides is 1. The molecule has 0 saturated heterocycles. The number of carbonyl (C=O) groups excluding carboxylic acids is 1. The van der Waals surface area contributed by atoms with Crippen molar-refractivity contribution in [3.63, 3.8) is 0 Å². The van der Waals surface area contributed by atoms with Gasteiger partial charge in [0, 0.05) is 10.1 Å². The summed E-state index contributed by atoms with van der Waals surface area (Å²) in [6.07, 6.45) is 0.721. The first-order valence-corrected chi connectivity index (χ1v) is 5.57. The maximum Gasteiger partial charge on any atom is 0.257 e. The van der Waals surface area contributed by atoms with Crippen molar-refractivity contribution in [3.05, 3.63) is 32.9 Å². The second-order valence-electron chi connectivity index (χ2n) is 2.97. The number of nitrogens with one attached hydrogen (secondary N) is 1. The van der Waals surface area contributed by atoms with Gasteiger partial charge >= 0.3 is 0 Å². The molecule has 1 aromatic carbocycles. The van der Waals surface area contributed by atoms with Crippen LogP contribution in [0.1, 0.15) is 23.7 Å². The van der Waals surface area contributed by atoms with Gasteiger partial charge in [-0.25, -0.2) is 8.78 Å². The number of hydrogen-bond donors (Lipinski definition) is 1. The van der Waals surface area contributed by atoms with Gasteiger partial charge in [0.25, 0.3) is 5.91 Å². The van der Waals surface area contributed by atoms with Crippen molar-refractivity contribution in [2.75, 3.05) is 6.54 Å². The topological polar surface area (TPSA) is 29.1 Å². The molecule has 5 heteroatoms. The molecule has 1 N–H and O–H groups in total. The van der Waals surface area contributed by atoms with Crippen LogP contribution in [0.3, 0.4) is 0 Å². The molecular formula is C10H10F2INO. The van der Waals surface area contributed by atoms with Crippen molar-refractivity contribution >= 4 is 28.5 Å². The molecule has 0 aliphatic heterocycles. The lowest BCUT2D eigenvalue weighted by Gasteiger charge is -2.06. The summed E-state index contributed by atoms with van der Waals surface area (Å²) in [5, 5.41) is 2.44. The van der Waals surface area contributed by atoms with E-state index in [2.05, 4.69) is 5.32 Å². The number of rotatable bonds is 3. The fourth-order valence-electron chi connectivity index (χ4n) is 1.06. The summed E-state index contributed by atoms with van der Waals surface area (Å²) in [6.45, 7) is 2.27. The summed E-state index contributed by atoms with van der Waals surface area (Å²) in [6, 6.07) is 2.38. The van der Waals surface area contributed by atoms with E-state index in [1.165, 1.54) is 6.07 Å². The first-order chi connectivity index (χ1) is 7.07. The first-order valence-electron chi connectivity index (χ1n) is 4.49. The minimum Gasteiger partial charge on any atom is -0.352 e. The monoisotopic (exact) mass is 325 g/mol. The minimum atomic E-state index is -0.832. The predicted octanol–water partition coefficient (Wildman–Crippen LogP) is 2.71. The molecule has 0 radical (unpaired) electrons. The van der Waals surface area contributed by atoms with Gasteiger partial charge in [0.15, 0.2) is 5.82 Å². The van der Waals surface area contributed by atoms with Crippen molar-refractivity contribution in [3.8, 4) is 0 Å². The van der Waals surface area contributed by atoms with Crippen LogP contribution < -0.4 is 5.32 Å². The van der Waals surface area contributed by atoms with Crippen molar-refractivity contribution < 1.29 is 13.6 Å². The Morgan fingerprint density at radius 2 is 2.13 bits per heavy atom. The molecule has 0 saturated carbocycles. The van der Waals surface area contributed by atoms with Crippen LogP contribution in [0.25, 0.3) is 0 Å². The van der Waals surface area contributed by atoms with Crippen LogP contribution in [0.4, 0.5) is 8.78 Å². The highest BCUT2D eigenvalue weighted by molar-refractivity contribution is 14.1. The Labute approximate surface area is 100 Å². The van der Waals surface area contributed by atoms with E-state index >= 15 is 0 Å². The van der Waals surface area contributed by atoms with Crippen molar-refractivity contribution in [1.29, 1.82) is 0 Å². The zero-order valence-electron chi connectivity index (χ0n) is 8.11. The second-order valence-corrected chi connectivity index (χ2v) is 4.14. The van der Waals surface area contributed by atoms with E-state index in [1.807, 2.05) is 6.92 Å². The molecule has 0 aliphatic rings. The Morgan fingerprint density at radius 1 is 1.47 bits per heavy atom. The quantitative estimate of drug-likeness (QED) is 0.672. The third-order valence-corrected chi connectivity index (χ3v) is 2.64. The van der Waals surface area contributed by atoms with E-state index < -0.39 is 23.1 Å². The van der Waals surface area contributed by atoms with Gasteiger partial charge in [-0.2, -0.15) is 0 Å². The van der Waals surface area contributed by atoms with Crippen LogP contribution in [0.15, 0.2) is 12.1 Å². The first kappa shape index (κ1) is 12.4. The van der Waals surface area contributed by atoms with Crippen molar-refractivity contribution in [1.82, 2.24) is 5.32 Å². The Hall–Kier alpha value is -0.720. The highest BCUT2D eigenvalue weighted by atomic mass is 127. The van der Waals surface area contributed by atoms with Crippen LogP contribution in [-0.4, -0.2) is 12.5 Å². The molecule has 15 heavy (non-hydrogen) atoms. The lowest BCUT2D eigenvalue weighted by atomic mass is 10.2. The number of halogens is 3. The molecule has 0 spiro atoms. The summed E-state index contributed by atoms with van der Waals surface area (Å²) < 4.78 is 26.9. The lowest BCUT2D eigenvalue weighted by molar-refractivity contribution is 0.0945. The molecular weight excluding hydrogens is 315 g/mol. The van der Waals surface area contributed by atoms with E-state index in [4.69, 9.17) is 0 Å². The van der Waals surface area contributed by atoms with Gasteiger partial charge in [0.05, 0.1) is 0 Å². The minimum absolute atomic E-state index is 0.232. The summed E-state index contributed by atoms with van der Waals surface area (Å²) in [4.78, 5) is 11.4. The van der Waals surface area contributed by atoms with Gasteiger partial charge in [-0.3, -0.25) is 4.79 Å². The van der Waals surface area contributed by atoms with Crippen LogP contribution in [0.2, 0.25) is 0 Å². The molecule has 1 aromatic rings. The molecule has 1 amide bonds. The highest BCUT2D eigenvalue weighted by Gasteiger charge is 2.18. The maximum absolute atomic E-state index is 13.4. The zero-order chi connectivity index (χ0) is 11.4. The fraction of sp³-hybridized carbons (Fsp3) is 0.300. The van der Waals surface area contributed by atoms with Crippen LogP contribution in [0.5, 0.6) is 0 Å². The van der Waals surface area contributed by atoms with E-state index in [1.54, 1.807) is 22.6 Å². The zero-order valence-corrected chi connectivity index (χ0v) is 10.3. The summed E-state index contributed by atoms with van der Waals surface area (Å²) in [5.74, 6) is -2.34. The maximum atomic E-state index is 13.4. The van der Waals surface area contributed by atoms with E-state index in [-0.39, 0.29) is 3.57 Å². The SMILES string of the molecule is CCCNC(=O)c1c(F)ccc(I)c1F. The molecule has 0 aromatic heterocycles. The molecule has 82 valence electrons. The summed E-state index contributed by atoms with van der Waals surface area (Å²) in [7, 11) is 0. The van der Waals surface area contributed by atoms with Gasteiger partial charge in [-0.15, -0.1) is 0 Å². The largest absolute Gasteiger partial charge is 0.352 e. The number of hydrogen-bond acceptors (Lipinski definition) is 1. The normalized spacial score (nSPS) is 10.1. The Balaban J connectivity index is 3.02. The summed E-state index contributed by atoms with van der Waals surface area (Å²) in [5.41, 5.74) is -0.504. The average Bonchev–Trinajstić information content (AvgIpc) is 2.21. The predicted molar refractivity (Wildman–Crippen MR) is 61.7 cm³/mol. The molecule has 0 fully saturated rings. The Morgan fingerprint density at radius 3 is 2.73 bits per heavy atom. The lowest BCUT2D eigenvalue weighted by Crippen LogP contribution is -2.26. The van der Waals surface area contributed by atoms with Gasteiger partial charge in [-0.05, 0) is 41.1 Å². The Kier molecular flexibility index (Phi) is 4.44. The highest BCUT2D eigenvalue weighted by Crippen LogP contribution is 2.18. The molecule has 2 nitrogen and oxygen atoms in total. The standard InChI is InChI=1S/C10H10F2INO/c1-2-5-14-10(15)8-6(11)3-4-7(13)9(8)12/h3-4H,2,5H2,1H3,(H,14,15). The molecule has 1 rings (SSSR count). The van der Waals surface area contributed by atoms with E-state index in [0.29, 0.717) is 6.54 Å². The second kappa shape index (κ2) is 5.39. The third kappa shape index (κ3) is 2.87. The Bertz CT molecular complexity index is 382. The smallest absolute Gasteiger partial charge is 0.257 e. The molecule has 0 atom stereocenters. The number of benzene rings is 1. The van der Waals surface area contributed by atoms with Gasteiger partial charge in [0.1, 0.15) is 11.4 Å². The van der Waals surface area contributed by atoms with E-state index in [9.17, 15) is 13.6 Å². The van der Waals surface area contributed by atoms with Gasteiger partial charge in [0.2, 0.25) is 0 Å². The van der Waals surface area contributed by atoms with Crippen molar-refractivity contribution in [2.45, 2.75) is 13.3 Å². The van der Waals surface area contributed by atoms with Crippen LogP contribution >= 0.6 is 22.6 Å². The van der Waals surface area contributed by atoms with E-state index in [0.717, 1.165) is 12.5 Å².